The van der Waals surface area contributed by atoms with Gasteiger partial charge >= 0.3 is 0 Å². The fourth-order valence-corrected chi connectivity index (χ4v) is 6.60. The van der Waals surface area contributed by atoms with Crippen LogP contribution >= 0.6 is 0 Å². The van der Waals surface area contributed by atoms with Crippen molar-refractivity contribution in [3.05, 3.63) is 158 Å². The lowest BCUT2D eigenvalue weighted by molar-refractivity contribution is 1.17. The van der Waals surface area contributed by atoms with E-state index >= 15 is 0 Å². The molecule has 0 radical (unpaired) electrons. The van der Waals surface area contributed by atoms with Gasteiger partial charge in [-0.25, -0.2) is 9.97 Å². The van der Waals surface area contributed by atoms with Gasteiger partial charge in [0.25, 0.3) is 0 Å². The molecule has 0 spiro atoms. The van der Waals surface area contributed by atoms with E-state index in [1.807, 2.05) is 24.4 Å². The van der Waals surface area contributed by atoms with Crippen molar-refractivity contribution in [1.29, 1.82) is 0 Å². The maximum absolute atomic E-state index is 5.24. The monoisotopic (exact) mass is 586 g/mol. The Kier molecular flexibility index (Phi) is 6.10. The second kappa shape index (κ2) is 10.7. The smallest absolute Gasteiger partial charge is 0.161 e. The molecule has 0 aliphatic heterocycles. The lowest BCUT2D eigenvalue weighted by atomic mass is 9.93. The molecule has 0 amide bonds. The van der Waals surface area contributed by atoms with Gasteiger partial charge in [-0.05, 0) is 85.6 Å². The highest BCUT2D eigenvalue weighted by Gasteiger charge is 2.17. The summed E-state index contributed by atoms with van der Waals surface area (Å²) in [4.78, 5) is 19.4. The van der Waals surface area contributed by atoms with Crippen LogP contribution in [-0.2, 0) is 0 Å². The SMILES string of the molecule is c1ccc2c(c1)cc(-c1cc(-c3cc4ccccc4c4ccccc34)nc(-c3ccc(-c4ccncc4)nc3)n1)c1ccccc12. The third kappa shape index (κ3) is 4.39. The second-order valence-corrected chi connectivity index (χ2v) is 11.5. The van der Waals surface area contributed by atoms with Crippen molar-refractivity contribution in [3.63, 3.8) is 0 Å². The predicted molar refractivity (Wildman–Crippen MR) is 189 cm³/mol. The van der Waals surface area contributed by atoms with Crippen LogP contribution in [0.3, 0.4) is 0 Å². The first kappa shape index (κ1) is 26.2. The molecular weight excluding hydrogens is 560 g/mol. The molecule has 9 rings (SSSR count). The molecule has 0 fully saturated rings. The third-order valence-corrected chi connectivity index (χ3v) is 8.81. The van der Waals surface area contributed by atoms with Gasteiger partial charge in [0, 0.05) is 40.8 Å². The third-order valence-electron chi connectivity index (χ3n) is 8.81. The molecule has 4 heteroatoms. The van der Waals surface area contributed by atoms with Crippen LogP contribution in [0.15, 0.2) is 158 Å². The molecule has 0 unspecified atom stereocenters. The van der Waals surface area contributed by atoms with Crippen molar-refractivity contribution in [2.24, 2.45) is 0 Å². The van der Waals surface area contributed by atoms with Crippen LogP contribution in [0.1, 0.15) is 0 Å². The molecule has 6 aromatic carbocycles. The Morgan fingerprint density at radius 3 is 1.39 bits per heavy atom. The average molecular weight is 587 g/mol. The molecule has 0 atom stereocenters. The van der Waals surface area contributed by atoms with Crippen LogP contribution in [-0.4, -0.2) is 19.9 Å². The highest BCUT2D eigenvalue weighted by Crippen LogP contribution is 2.39. The molecular formula is C42H26N4. The zero-order valence-corrected chi connectivity index (χ0v) is 24.8. The van der Waals surface area contributed by atoms with E-state index in [0.717, 1.165) is 50.1 Å². The van der Waals surface area contributed by atoms with E-state index in [0.29, 0.717) is 5.82 Å². The molecule has 0 aliphatic carbocycles. The lowest BCUT2D eigenvalue weighted by Gasteiger charge is -2.15. The quantitative estimate of drug-likeness (QED) is 0.193. The van der Waals surface area contributed by atoms with Gasteiger partial charge in [0.1, 0.15) is 0 Å². The Hall–Kier alpha value is -6.26. The van der Waals surface area contributed by atoms with Gasteiger partial charge in [-0.3, -0.25) is 9.97 Å². The normalized spacial score (nSPS) is 11.5. The Morgan fingerprint density at radius 2 is 0.870 bits per heavy atom. The molecule has 0 saturated heterocycles. The largest absolute Gasteiger partial charge is 0.265 e. The van der Waals surface area contributed by atoms with Gasteiger partial charge in [0.15, 0.2) is 5.82 Å². The molecule has 3 heterocycles. The topological polar surface area (TPSA) is 51.6 Å². The van der Waals surface area contributed by atoms with Crippen LogP contribution in [0.4, 0.5) is 0 Å². The van der Waals surface area contributed by atoms with E-state index in [4.69, 9.17) is 15.0 Å². The molecule has 4 nitrogen and oxygen atoms in total. The van der Waals surface area contributed by atoms with E-state index in [1.54, 1.807) is 12.4 Å². The first-order chi connectivity index (χ1) is 22.8. The van der Waals surface area contributed by atoms with Gasteiger partial charge in [0.05, 0.1) is 17.1 Å². The van der Waals surface area contributed by atoms with Crippen molar-refractivity contribution in [2.45, 2.75) is 0 Å². The Labute approximate surface area is 265 Å². The molecule has 0 saturated carbocycles. The highest BCUT2D eigenvalue weighted by molar-refractivity contribution is 6.15. The van der Waals surface area contributed by atoms with Crippen molar-refractivity contribution >= 4 is 43.1 Å². The van der Waals surface area contributed by atoms with E-state index in [2.05, 4.69) is 126 Å². The highest BCUT2D eigenvalue weighted by atomic mass is 14.9. The molecule has 3 aromatic heterocycles. The summed E-state index contributed by atoms with van der Waals surface area (Å²) in [5.74, 6) is 0.635. The summed E-state index contributed by atoms with van der Waals surface area (Å²) in [5.41, 5.74) is 6.65. The summed E-state index contributed by atoms with van der Waals surface area (Å²) in [6.07, 6.45) is 5.44. The van der Waals surface area contributed by atoms with Crippen molar-refractivity contribution in [2.75, 3.05) is 0 Å². The maximum atomic E-state index is 5.24. The van der Waals surface area contributed by atoms with E-state index in [-0.39, 0.29) is 0 Å². The van der Waals surface area contributed by atoms with Gasteiger partial charge < -0.3 is 0 Å². The van der Waals surface area contributed by atoms with E-state index < -0.39 is 0 Å². The Balaban J connectivity index is 1.32. The Bertz CT molecular complexity index is 2440. The first-order valence-electron chi connectivity index (χ1n) is 15.4. The van der Waals surface area contributed by atoms with Gasteiger partial charge in [0.2, 0.25) is 0 Å². The predicted octanol–water partition coefficient (Wildman–Crippen LogP) is 10.5. The molecule has 46 heavy (non-hydrogen) atoms. The minimum absolute atomic E-state index is 0.635. The van der Waals surface area contributed by atoms with E-state index in [1.165, 1.54) is 32.3 Å². The van der Waals surface area contributed by atoms with E-state index in [9.17, 15) is 0 Å². The number of aromatic nitrogens is 4. The number of fused-ring (bicyclic) bond motifs is 6. The summed E-state index contributed by atoms with van der Waals surface area (Å²) in [6.45, 7) is 0. The van der Waals surface area contributed by atoms with Gasteiger partial charge in [-0.2, -0.15) is 0 Å². The van der Waals surface area contributed by atoms with Crippen molar-refractivity contribution in [3.8, 4) is 45.2 Å². The fraction of sp³-hybridized carbons (Fsp3) is 0. The summed E-state index contributed by atoms with van der Waals surface area (Å²) < 4.78 is 0. The number of benzene rings is 6. The summed E-state index contributed by atoms with van der Waals surface area (Å²) in [5, 5.41) is 9.54. The average Bonchev–Trinajstić information content (AvgIpc) is 3.14. The van der Waals surface area contributed by atoms with Crippen LogP contribution in [0.5, 0.6) is 0 Å². The minimum atomic E-state index is 0.635. The van der Waals surface area contributed by atoms with Crippen molar-refractivity contribution < 1.29 is 0 Å². The van der Waals surface area contributed by atoms with Gasteiger partial charge in [-0.1, -0.05) is 97.1 Å². The molecule has 0 bridgehead atoms. The number of rotatable bonds is 4. The zero-order chi connectivity index (χ0) is 30.5. The minimum Gasteiger partial charge on any atom is -0.265 e. The van der Waals surface area contributed by atoms with Crippen LogP contribution in [0.25, 0.3) is 88.2 Å². The van der Waals surface area contributed by atoms with Crippen LogP contribution in [0, 0.1) is 0 Å². The Morgan fingerprint density at radius 1 is 0.370 bits per heavy atom. The first-order valence-corrected chi connectivity index (χ1v) is 15.4. The number of nitrogens with zero attached hydrogens (tertiary/aromatic N) is 4. The maximum Gasteiger partial charge on any atom is 0.161 e. The van der Waals surface area contributed by atoms with Crippen LogP contribution < -0.4 is 0 Å². The van der Waals surface area contributed by atoms with Crippen molar-refractivity contribution in [1.82, 2.24) is 19.9 Å². The van der Waals surface area contributed by atoms with Crippen LogP contribution in [0.2, 0.25) is 0 Å². The summed E-state index contributed by atoms with van der Waals surface area (Å²) in [6, 6.07) is 49.0. The number of hydrogen-bond donors (Lipinski definition) is 0. The standard InChI is InChI=1S/C42H26N4/c1-3-11-31-28(9-1)23-37(35-15-7-5-13-33(31)35)40-25-41(38-24-29-10-2-4-12-32(29)34-14-6-8-16-36(34)38)46-42(45-40)30-17-18-39(44-26-30)27-19-21-43-22-20-27/h1-26H. The summed E-state index contributed by atoms with van der Waals surface area (Å²) in [7, 11) is 0. The lowest BCUT2D eigenvalue weighted by Crippen LogP contribution is -1.98. The summed E-state index contributed by atoms with van der Waals surface area (Å²) >= 11 is 0. The number of pyridine rings is 2. The second-order valence-electron chi connectivity index (χ2n) is 11.5. The number of hydrogen-bond acceptors (Lipinski definition) is 4. The zero-order valence-electron chi connectivity index (χ0n) is 24.8. The molecule has 214 valence electrons. The van der Waals surface area contributed by atoms with Gasteiger partial charge in [-0.15, -0.1) is 0 Å². The molecule has 0 N–H and O–H groups in total. The molecule has 0 aliphatic rings. The molecule has 9 aromatic rings. The fourth-order valence-electron chi connectivity index (χ4n) is 6.60.